The summed E-state index contributed by atoms with van der Waals surface area (Å²) in [5.74, 6) is 0.00260. The first-order valence-electron chi connectivity index (χ1n) is 4.47. The van der Waals surface area contributed by atoms with Crippen molar-refractivity contribution in [2.75, 3.05) is 0 Å². The second kappa shape index (κ2) is 4.75. The van der Waals surface area contributed by atoms with E-state index in [1.165, 1.54) is 12.1 Å². The van der Waals surface area contributed by atoms with Crippen molar-refractivity contribution < 1.29 is 9.18 Å². The Morgan fingerprint density at radius 2 is 2.00 bits per heavy atom. The lowest BCUT2D eigenvalue weighted by Crippen LogP contribution is -1.97. The topological polar surface area (TPSA) is 17.1 Å². The number of carbonyl (C=O) groups excluding carboxylic acids is 1. The van der Waals surface area contributed by atoms with Crippen LogP contribution in [0.15, 0.2) is 24.3 Å². The Morgan fingerprint density at radius 3 is 2.46 bits per heavy atom. The molecule has 1 unspecified atom stereocenters. The predicted molar refractivity (Wildman–Crippen MR) is 50.1 cm³/mol. The Morgan fingerprint density at radius 1 is 1.38 bits per heavy atom. The van der Waals surface area contributed by atoms with Gasteiger partial charge in [-0.25, -0.2) is 4.39 Å². The average Bonchev–Trinajstić information content (AvgIpc) is 2.16. The highest BCUT2D eigenvalue weighted by atomic mass is 19.1. The summed E-state index contributed by atoms with van der Waals surface area (Å²) in [5.41, 5.74) is 1.04. The van der Waals surface area contributed by atoms with Gasteiger partial charge < -0.3 is 4.79 Å². The minimum absolute atomic E-state index is 0.232. The molecule has 0 aliphatic carbocycles. The predicted octanol–water partition coefficient (Wildman–Crippen LogP) is 2.91. The van der Waals surface area contributed by atoms with Crippen molar-refractivity contribution in [3.05, 3.63) is 35.6 Å². The third-order valence-corrected chi connectivity index (χ3v) is 2.21. The Bertz CT molecular complexity index is 266. The molecule has 1 aromatic rings. The van der Waals surface area contributed by atoms with Crippen molar-refractivity contribution in [3.8, 4) is 0 Å². The van der Waals surface area contributed by atoms with Crippen LogP contribution in [0.4, 0.5) is 4.39 Å². The molecular formula is C11H13FO. The SMILES string of the molecule is CCC(CC=O)c1ccc(F)cc1. The van der Waals surface area contributed by atoms with Crippen molar-refractivity contribution in [1.29, 1.82) is 0 Å². The Kier molecular flexibility index (Phi) is 3.62. The maximum atomic E-state index is 12.6. The molecule has 2 heteroatoms. The quantitative estimate of drug-likeness (QED) is 0.651. The molecule has 1 aromatic carbocycles. The average molecular weight is 180 g/mol. The molecule has 1 atom stereocenters. The van der Waals surface area contributed by atoms with E-state index in [2.05, 4.69) is 0 Å². The second-order valence-electron chi connectivity index (χ2n) is 3.06. The molecule has 70 valence electrons. The van der Waals surface area contributed by atoms with Gasteiger partial charge in [-0.2, -0.15) is 0 Å². The summed E-state index contributed by atoms with van der Waals surface area (Å²) in [4.78, 5) is 10.3. The first-order valence-corrected chi connectivity index (χ1v) is 4.47. The summed E-state index contributed by atoms with van der Waals surface area (Å²) in [6, 6.07) is 6.35. The zero-order chi connectivity index (χ0) is 9.68. The molecular weight excluding hydrogens is 167 g/mol. The van der Waals surface area contributed by atoms with Gasteiger partial charge >= 0.3 is 0 Å². The van der Waals surface area contributed by atoms with E-state index >= 15 is 0 Å². The van der Waals surface area contributed by atoms with Gasteiger partial charge in [0.25, 0.3) is 0 Å². The highest BCUT2D eigenvalue weighted by Gasteiger charge is 2.07. The van der Waals surface area contributed by atoms with Gasteiger partial charge in [-0.1, -0.05) is 19.1 Å². The molecule has 0 radical (unpaired) electrons. The smallest absolute Gasteiger partial charge is 0.123 e. The first-order chi connectivity index (χ1) is 6.27. The molecule has 0 aromatic heterocycles. The number of hydrogen-bond acceptors (Lipinski definition) is 1. The normalized spacial score (nSPS) is 12.5. The number of rotatable bonds is 4. The number of carbonyl (C=O) groups is 1. The second-order valence-corrected chi connectivity index (χ2v) is 3.06. The Labute approximate surface area is 77.6 Å². The van der Waals surface area contributed by atoms with Crippen LogP contribution in [-0.4, -0.2) is 6.29 Å². The summed E-state index contributed by atoms with van der Waals surface area (Å²) >= 11 is 0. The van der Waals surface area contributed by atoms with Crippen molar-refractivity contribution in [1.82, 2.24) is 0 Å². The number of aldehydes is 1. The molecule has 0 aliphatic rings. The van der Waals surface area contributed by atoms with E-state index in [1.807, 2.05) is 6.92 Å². The van der Waals surface area contributed by atoms with Crippen LogP contribution in [0.25, 0.3) is 0 Å². The lowest BCUT2D eigenvalue weighted by molar-refractivity contribution is -0.108. The van der Waals surface area contributed by atoms with Crippen LogP contribution in [0.1, 0.15) is 31.2 Å². The van der Waals surface area contributed by atoms with Crippen LogP contribution in [0.3, 0.4) is 0 Å². The summed E-state index contributed by atoms with van der Waals surface area (Å²) in [6.45, 7) is 2.03. The van der Waals surface area contributed by atoms with E-state index in [0.717, 1.165) is 18.3 Å². The third kappa shape index (κ3) is 2.65. The van der Waals surface area contributed by atoms with Crippen LogP contribution >= 0.6 is 0 Å². The van der Waals surface area contributed by atoms with Crippen molar-refractivity contribution >= 4 is 6.29 Å². The fourth-order valence-electron chi connectivity index (χ4n) is 1.39. The van der Waals surface area contributed by atoms with E-state index in [0.29, 0.717) is 6.42 Å². The molecule has 0 fully saturated rings. The van der Waals surface area contributed by atoms with Gasteiger partial charge in [0.2, 0.25) is 0 Å². The van der Waals surface area contributed by atoms with Gasteiger partial charge in [0.05, 0.1) is 0 Å². The molecule has 0 saturated heterocycles. The summed E-state index contributed by atoms with van der Waals surface area (Å²) in [5, 5.41) is 0. The molecule has 0 amide bonds. The molecule has 1 rings (SSSR count). The van der Waals surface area contributed by atoms with Gasteiger partial charge in [-0.05, 0) is 30.0 Å². The van der Waals surface area contributed by atoms with E-state index < -0.39 is 0 Å². The Balaban J connectivity index is 2.78. The monoisotopic (exact) mass is 180 g/mol. The fourth-order valence-corrected chi connectivity index (χ4v) is 1.39. The minimum atomic E-state index is -0.232. The van der Waals surface area contributed by atoms with E-state index in [1.54, 1.807) is 12.1 Å². The summed E-state index contributed by atoms with van der Waals surface area (Å²) < 4.78 is 12.6. The van der Waals surface area contributed by atoms with Gasteiger partial charge in [-0.3, -0.25) is 0 Å². The van der Waals surface area contributed by atoms with Crippen molar-refractivity contribution in [2.45, 2.75) is 25.7 Å². The highest BCUT2D eigenvalue weighted by molar-refractivity contribution is 5.51. The molecule has 0 spiro atoms. The van der Waals surface area contributed by atoms with Crippen molar-refractivity contribution in [3.63, 3.8) is 0 Å². The molecule has 0 bridgehead atoms. The van der Waals surface area contributed by atoms with E-state index in [4.69, 9.17) is 0 Å². The number of hydrogen-bond donors (Lipinski definition) is 0. The molecule has 0 heterocycles. The summed E-state index contributed by atoms with van der Waals surface area (Å²) in [7, 11) is 0. The van der Waals surface area contributed by atoms with Gasteiger partial charge in [-0.15, -0.1) is 0 Å². The highest BCUT2D eigenvalue weighted by Crippen LogP contribution is 2.21. The number of benzene rings is 1. The molecule has 13 heavy (non-hydrogen) atoms. The summed E-state index contributed by atoms with van der Waals surface area (Å²) in [6.07, 6.45) is 2.34. The minimum Gasteiger partial charge on any atom is -0.303 e. The fraction of sp³-hybridized carbons (Fsp3) is 0.364. The lowest BCUT2D eigenvalue weighted by atomic mass is 9.94. The third-order valence-electron chi connectivity index (χ3n) is 2.21. The van der Waals surface area contributed by atoms with E-state index in [-0.39, 0.29) is 11.7 Å². The number of halogens is 1. The zero-order valence-electron chi connectivity index (χ0n) is 7.66. The standard InChI is InChI=1S/C11H13FO/c1-2-9(7-8-13)10-3-5-11(12)6-4-10/h3-6,8-9H,2,7H2,1H3. The van der Waals surface area contributed by atoms with Crippen LogP contribution in [0.2, 0.25) is 0 Å². The molecule has 0 saturated carbocycles. The van der Waals surface area contributed by atoms with Crippen LogP contribution in [0.5, 0.6) is 0 Å². The Hall–Kier alpha value is -1.18. The molecule has 0 aliphatic heterocycles. The van der Waals surface area contributed by atoms with Gasteiger partial charge in [0, 0.05) is 6.42 Å². The lowest BCUT2D eigenvalue weighted by Gasteiger charge is -2.11. The van der Waals surface area contributed by atoms with E-state index in [9.17, 15) is 9.18 Å². The molecule has 0 N–H and O–H groups in total. The van der Waals surface area contributed by atoms with Gasteiger partial charge in [0.1, 0.15) is 12.1 Å². The van der Waals surface area contributed by atoms with Crippen molar-refractivity contribution in [2.24, 2.45) is 0 Å². The van der Waals surface area contributed by atoms with Crippen LogP contribution < -0.4 is 0 Å². The maximum Gasteiger partial charge on any atom is 0.123 e. The molecule has 1 nitrogen and oxygen atoms in total. The van der Waals surface area contributed by atoms with Gasteiger partial charge in [0.15, 0.2) is 0 Å². The van der Waals surface area contributed by atoms with Crippen LogP contribution in [0, 0.1) is 5.82 Å². The maximum absolute atomic E-state index is 12.6. The zero-order valence-corrected chi connectivity index (χ0v) is 7.66. The largest absolute Gasteiger partial charge is 0.303 e. The first kappa shape index (κ1) is 9.90. The van der Waals surface area contributed by atoms with Crippen LogP contribution in [-0.2, 0) is 4.79 Å².